The second-order valence-electron chi connectivity index (χ2n) is 6.15. The molecule has 0 saturated carbocycles. The lowest BCUT2D eigenvalue weighted by Gasteiger charge is -2.12. The van der Waals surface area contributed by atoms with Gasteiger partial charge in [-0.25, -0.2) is 9.59 Å². The molecule has 0 amide bonds. The maximum Gasteiger partial charge on any atom is 0.345 e. The molecular weight excluding hydrogens is 292 g/mol. The molecule has 0 aliphatic rings. The highest BCUT2D eigenvalue weighted by Gasteiger charge is 2.20. The first-order valence-corrected chi connectivity index (χ1v) is 9.17. The molecule has 0 aliphatic heterocycles. The van der Waals surface area contributed by atoms with E-state index in [9.17, 15) is 9.59 Å². The number of aliphatic carboxylic acids is 1. The maximum absolute atomic E-state index is 11.0. The van der Waals surface area contributed by atoms with Crippen LogP contribution in [0.5, 0.6) is 0 Å². The van der Waals surface area contributed by atoms with Crippen molar-refractivity contribution in [1.82, 2.24) is 0 Å². The summed E-state index contributed by atoms with van der Waals surface area (Å²) < 4.78 is 4.80. The van der Waals surface area contributed by atoms with Crippen molar-refractivity contribution in [2.75, 3.05) is 0 Å². The number of unbranched alkanes of at least 4 members (excludes halogenated alkanes) is 11. The Kier molecular flexibility index (Phi) is 14.7. The van der Waals surface area contributed by atoms with E-state index in [2.05, 4.69) is 13.5 Å². The van der Waals surface area contributed by atoms with Crippen molar-refractivity contribution in [1.29, 1.82) is 0 Å². The fraction of sp³-hybridized carbons (Fsp3) is 0.789. The van der Waals surface area contributed by atoms with Crippen LogP contribution in [-0.2, 0) is 14.3 Å². The van der Waals surface area contributed by atoms with E-state index in [0.29, 0.717) is 6.42 Å². The van der Waals surface area contributed by atoms with Gasteiger partial charge < -0.3 is 9.84 Å². The Morgan fingerprint density at radius 2 is 1.35 bits per heavy atom. The summed E-state index contributed by atoms with van der Waals surface area (Å²) in [5.41, 5.74) is 0. The molecule has 0 heterocycles. The van der Waals surface area contributed by atoms with Gasteiger partial charge in [0, 0.05) is 6.08 Å². The van der Waals surface area contributed by atoms with Crippen LogP contribution in [0.4, 0.5) is 0 Å². The monoisotopic (exact) mass is 326 g/mol. The van der Waals surface area contributed by atoms with Crippen molar-refractivity contribution in [3.8, 4) is 0 Å². The maximum atomic E-state index is 11.0. The van der Waals surface area contributed by atoms with Gasteiger partial charge in [0.1, 0.15) is 0 Å². The summed E-state index contributed by atoms with van der Waals surface area (Å²) in [6.45, 7) is 5.51. The average molecular weight is 326 g/mol. The Morgan fingerprint density at radius 1 is 0.913 bits per heavy atom. The van der Waals surface area contributed by atoms with Crippen LogP contribution < -0.4 is 0 Å². The molecule has 0 rings (SSSR count). The Hall–Kier alpha value is -1.32. The first-order valence-electron chi connectivity index (χ1n) is 9.17. The number of hydrogen-bond donors (Lipinski definition) is 1. The van der Waals surface area contributed by atoms with Gasteiger partial charge in [-0.2, -0.15) is 0 Å². The predicted octanol–water partition coefficient (Wildman–Crippen LogP) is 5.26. The predicted molar refractivity (Wildman–Crippen MR) is 93.4 cm³/mol. The van der Waals surface area contributed by atoms with E-state index in [1.165, 1.54) is 57.8 Å². The van der Waals surface area contributed by atoms with Gasteiger partial charge in [0.2, 0.25) is 0 Å². The minimum atomic E-state index is -1.08. The SMILES string of the molecule is C=CC(=O)OC(CCCCCCCCCCCCCC)C(=O)O. The smallest absolute Gasteiger partial charge is 0.345 e. The third-order valence-corrected chi connectivity index (χ3v) is 4.02. The highest BCUT2D eigenvalue weighted by atomic mass is 16.6. The van der Waals surface area contributed by atoms with Gasteiger partial charge >= 0.3 is 11.9 Å². The van der Waals surface area contributed by atoms with Crippen LogP contribution in [0.3, 0.4) is 0 Å². The molecule has 0 spiro atoms. The molecule has 0 aromatic rings. The molecule has 0 aromatic carbocycles. The van der Waals surface area contributed by atoms with Crippen molar-refractivity contribution in [3.05, 3.63) is 12.7 Å². The van der Waals surface area contributed by atoms with Gasteiger partial charge in [-0.1, -0.05) is 84.1 Å². The number of carboxylic acids is 1. The first-order chi connectivity index (χ1) is 11.1. The van der Waals surface area contributed by atoms with Gasteiger partial charge in [-0.15, -0.1) is 0 Å². The fourth-order valence-corrected chi connectivity index (χ4v) is 2.59. The van der Waals surface area contributed by atoms with Gasteiger partial charge in [-0.05, 0) is 12.8 Å². The third kappa shape index (κ3) is 14.0. The molecule has 1 N–H and O–H groups in total. The molecule has 0 fully saturated rings. The molecule has 0 aliphatic carbocycles. The van der Waals surface area contributed by atoms with E-state index in [4.69, 9.17) is 9.84 Å². The molecule has 4 heteroatoms. The lowest BCUT2D eigenvalue weighted by Crippen LogP contribution is -2.26. The van der Waals surface area contributed by atoms with Crippen LogP contribution in [-0.4, -0.2) is 23.1 Å². The number of carbonyl (C=O) groups excluding carboxylic acids is 1. The summed E-state index contributed by atoms with van der Waals surface area (Å²) in [5, 5.41) is 8.98. The summed E-state index contributed by atoms with van der Waals surface area (Å²) in [7, 11) is 0. The minimum absolute atomic E-state index is 0.381. The van der Waals surface area contributed by atoms with E-state index in [1.807, 2.05) is 0 Å². The zero-order chi connectivity index (χ0) is 17.3. The molecule has 23 heavy (non-hydrogen) atoms. The molecule has 1 unspecified atom stereocenters. The van der Waals surface area contributed by atoms with E-state index < -0.39 is 18.0 Å². The van der Waals surface area contributed by atoms with Crippen molar-refractivity contribution >= 4 is 11.9 Å². The largest absolute Gasteiger partial charge is 0.479 e. The van der Waals surface area contributed by atoms with Crippen LogP contribution in [0.25, 0.3) is 0 Å². The summed E-state index contributed by atoms with van der Waals surface area (Å²) in [5.74, 6) is -1.75. The molecule has 134 valence electrons. The average Bonchev–Trinajstić information content (AvgIpc) is 2.54. The number of carbonyl (C=O) groups is 2. The zero-order valence-corrected chi connectivity index (χ0v) is 14.7. The van der Waals surface area contributed by atoms with Crippen molar-refractivity contribution in [2.24, 2.45) is 0 Å². The Balaban J connectivity index is 3.44. The molecule has 0 saturated heterocycles. The van der Waals surface area contributed by atoms with Gasteiger partial charge in [0.05, 0.1) is 0 Å². The second kappa shape index (κ2) is 15.6. The molecule has 0 aromatic heterocycles. The van der Waals surface area contributed by atoms with Crippen molar-refractivity contribution in [3.63, 3.8) is 0 Å². The molecule has 4 nitrogen and oxygen atoms in total. The Bertz CT molecular complexity index is 325. The summed E-state index contributed by atoms with van der Waals surface area (Å²) in [6.07, 6.45) is 15.1. The van der Waals surface area contributed by atoms with E-state index in [-0.39, 0.29) is 0 Å². The normalized spacial score (nSPS) is 11.9. The number of carboxylic acid groups (broad SMARTS) is 1. The first kappa shape index (κ1) is 21.7. The molecular formula is C19H34O4. The lowest BCUT2D eigenvalue weighted by molar-refractivity contribution is -0.161. The number of rotatable bonds is 16. The Labute approximate surface area is 141 Å². The Morgan fingerprint density at radius 3 is 1.74 bits per heavy atom. The summed E-state index contributed by atoms with van der Waals surface area (Å²) >= 11 is 0. The van der Waals surface area contributed by atoms with Crippen molar-refractivity contribution in [2.45, 2.75) is 96.5 Å². The summed E-state index contributed by atoms with van der Waals surface area (Å²) in [4.78, 5) is 22.0. The standard InChI is InChI=1S/C19H34O4/c1-3-5-6-7-8-9-10-11-12-13-14-15-16-17(19(21)22)23-18(20)4-2/h4,17H,2-3,5-16H2,1H3,(H,21,22). The number of esters is 1. The van der Waals surface area contributed by atoms with Crippen LogP contribution in [0.2, 0.25) is 0 Å². The number of ether oxygens (including phenoxy) is 1. The van der Waals surface area contributed by atoms with E-state index in [0.717, 1.165) is 25.3 Å². The van der Waals surface area contributed by atoms with E-state index in [1.54, 1.807) is 0 Å². The highest BCUT2D eigenvalue weighted by molar-refractivity contribution is 5.84. The van der Waals surface area contributed by atoms with Gasteiger partial charge in [-0.3, -0.25) is 0 Å². The summed E-state index contributed by atoms with van der Waals surface area (Å²) in [6, 6.07) is 0. The van der Waals surface area contributed by atoms with Crippen LogP contribution in [0.1, 0.15) is 90.4 Å². The zero-order valence-electron chi connectivity index (χ0n) is 14.7. The van der Waals surface area contributed by atoms with Gasteiger partial charge in [0.25, 0.3) is 0 Å². The molecule has 1 atom stereocenters. The lowest BCUT2D eigenvalue weighted by atomic mass is 10.0. The number of hydrogen-bond acceptors (Lipinski definition) is 3. The van der Waals surface area contributed by atoms with Crippen molar-refractivity contribution < 1.29 is 19.4 Å². The van der Waals surface area contributed by atoms with E-state index >= 15 is 0 Å². The fourth-order valence-electron chi connectivity index (χ4n) is 2.59. The van der Waals surface area contributed by atoms with Crippen LogP contribution >= 0.6 is 0 Å². The topological polar surface area (TPSA) is 63.6 Å². The third-order valence-electron chi connectivity index (χ3n) is 4.02. The quantitative estimate of drug-likeness (QED) is 0.239. The molecule has 0 radical (unpaired) electrons. The van der Waals surface area contributed by atoms with Crippen LogP contribution in [0, 0.1) is 0 Å². The molecule has 0 bridgehead atoms. The minimum Gasteiger partial charge on any atom is -0.479 e. The van der Waals surface area contributed by atoms with Gasteiger partial charge in [0.15, 0.2) is 6.10 Å². The highest BCUT2D eigenvalue weighted by Crippen LogP contribution is 2.14. The van der Waals surface area contributed by atoms with Crippen LogP contribution in [0.15, 0.2) is 12.7 Å². The second-order valence-corrected chi connectivity index (χ2v) is 6.15.